The third kappa shape index (κ3) is 2.66. The number of nitrogens with one attached hydrogen (secondary N) is 1. The van der Waals surface area contributed by atoms with Gasteiger partial charge in [-0.05, 0) is 61.7 Å². The van der Waals surface area contributed by atoms with Gasteiger partial charge in [0.25, 0.3) is 0 Å². The molecule has 0 atom stereocenters. The molecule has 4 nitrogen and oxygen atoms in total. The van der Waals surface area contributed by atoms with Crippen molar-refractivity contribution in [3.8, 4) is 17.5 Å². The fourth-order valence-electron chi connectivity index (χ4n) is 3.19. The Morgan fingerprint density at radius 3 is 2.52 bits per heavy atom. The van der Waals surface area contributed by atoms with Crippen LogP contribution in [0.2, 0.25) is 0 Å². The van der Waals surface area contributed by atoms with Crippen LogP contribution in [-0.2, 0) is 0 Å². The topological polar surface area (TPSA) is 55.7 Å². The minimum atomic E-state index is 0.635. The maximum Gasteiger partial charge on any atom is 0.138 e. The van der Waals surface area contributed by atoms with Gasteiger partial charge in [-0.1, -0.05) is 0 Å². The summed E-state index contributed by atoms with van der Waals surface area (Å²) in [5, 5.41) is 8.98. The quantitative estimate of drug-likeness (QED) is 0.775. The highest BCUT2D eigenvalue weighted by molar-refractivity contribution is 5.80. The van der Waals surface area contributed by atoms with Crippen LogP contribution in [0.15, 0.2) is 42.5 Å². The van der Waals surface area contributed by atoms with Gasteiger partial charge in [0, 0.05) is 24.3 Å². The second-order valence-corrected chi connectivity index (χ2v) is 6.02. The number of anilines is 1. The van der Waals surface area contributed by atoms with Crippen LogP contribution in [0, 0.1) is 11.3 Å². The Bertz CT molecular complexity index is 865. The first-order valence-electron chi connectivity index (χ1n) is 8.09. The molecule has 1 aliphatic rings. The van der Waals surface area contributed by atoms with E-state index in [1.165, 1.54) is 24.9 Å². The minimum absolute atomic E-state index is 0.635. The zero-order valence-electron chi connectivity index (χ0n) is 12.9. The summed E-state index contributed by atoms with van der Waals surface area (Å²) < 4.78 is 0. The van der Waals surface area contributed by atoms with Gasteiger partial charge >= 0.3 is 0 Å². The van der Waals surface area contributed by atoms with E-state index in [-0.39, 0.29) is 0 Å². The Morgan fingerprint density at radius 2 is 1.78 bits per heavy atom. The lowest BCUT2D eigenvalue weighted by Gasteiger charge is -2.28. The van der Waals surface area contributed by atoms with Gasteiger partial charge < -0.3 is 9.88 Å². The van der Waals surface area contributed by atoms with E-state index in [2.05, 4.69) is 45.2 Å². The molecule has 1 fully saturated rings. The molecule has 1 N–H and O–H groups in total. The van der Waals surface area contributed by atoms with E-state index >= 15 is 0 Å². The van der Waals surface area contributed by atoms with E-state index in [1.54, 1.807) is 0 Å². The summed E-state index contributed by atoms with van der Waals surface area (Å²) in [5.74, 6) is 0.847. The van der Waals surface area contributed by atoms with Gasteiger partial charge in [0.05, 0.1) is 22.7 Å². The van der Waals surface area contributed by atoms with Crippen molar-refractivity contribution < 1.29 is 0 Å². The van der Waals surface area contributed by atoms with Gasteiger partial charge in [-0.3, -0.25) is 0 Å². The normalized spacial score (nSPS) is 14.8. The van der Waals surface area contributed by atoms with Crippen LogP contribution in [0.4, 0.5) is 5.69 Å². The predicted molar refractivity (Wildman–Crippen MR) is 92.3 cm³/mol. The highest BCUT2D eigenvalue weighted by Crippen LogP contribution is 2.25. The monoisotopic (exact) mass is 302 g/mol. The fourth-order valence-corrected chi connectivity index (χ4v) is 3.19. The Labute approximate surface area is 135 Å². The first kappa shape index (κ1) is 13.8. The lowest BCUT2D eigenvalue weighted by Crippen LogP contribution is -2.29. The van der Waals surface area contributed by atoms with E-state index in [9.17, 15) is 0 Å². The molecule has 0 bridgehead atoms. The molecule has 23 heavy (non-hydrogen) atoms. The van der Waals surface area contributed by atoms with Crippen LogP contribution < -0.4 is 4.90 Å². The van der Waals surface area contributed by atoms with E-state index < -0.39 is 0 Å². The predicted octanol–water partition coefficient (Wildman–Crippen LogP) is 4.09. The number of hydrogen-bond donors (Lipinski definition) is 1. The standard InChI is InChI=1S/C19H18N4/c20-13-14-4-9-17-18(12-14)22-19(21-17)15-5-7-16(8-6-15)23-10-2-1-3-11-23/h4-9,12H,1-3,10-11H2,(H,21,22). The van der Waals surface area contributed by atoms with Crippen molar-refractivity contribution in [1.82, 2.24) is 9.97 Å². The van der Waals surface area contributed by atoms with Gasteiger partial charge in [0.15, 0.2) is 0 Å². The smallest absolute Gasteiger partial charge is 0.138 e. The molecular formula is C19H18N4. The molecule has 3 aromatic rings. The molecule has 1 aliphatic heterocycles. The number of nitrogens with zero attached hydrogens (tertiary/aromatic N) is 3. The first-order chi connectivity index (χ1) is 11.3. The van der Waals surface area contributed by atoms with Crippen molar-refractivity contribution in [2.45, 2.75) is 19.3 Å². The van der Waals surface area contributed by atoms with E-state index in [0.717, 1.165) is 35.5 Å². The van der Waals surface area contributed by atoms with Crippen LogP contribution in [0.1, 0.15) is 24.8 Å². The number of piperidine rings is 1. The van der Waals surface area contributed by atoms with E-state index in [1.807, 2.05) is 18.2 Å². The van der Waals surface area contributed by atoms with Gasteiger partial charge in [-0.25, -0.2) is 4.98 Å². The molecule has 0 aliphatic carbocycles. The number of aromatic nitrogens is 2. The molecule has 0 amide bonds. The summed E-state index contributed by atoms with van der Waals surface area (Å²) in [7, 11) is 0. The zero-order valence-corrected chi connectivity index (χ0v) is 12.9. The lowest BCUT2D eigenvalue weighted by molar-refractivity contribution is 0.578. The van der Waals surface area contributed by atoms with Crippen LogP contribution in [0.3, 0.4) is 0 Å². The van der Waals surface area contributed by atoms with Gasteiger partial charge in [0.1, 0.15) is 5.82 Å². The summed E-state index contributed by atoms with van der Waals surface area (Å²) in [6.45, 7) is 2.31. The summed E-state index contributed by atoms with van der Waals surface area (Å²) >= 11 is 0. The van der Waals surface area contributed by atoms with Crippen molar-refractivity contribution in [3.05, 3.63) is 48.0 Å². The van der Waals surface area contributed by atoms with Gasteiger partial charge in [0.2, 0.25) is 0 Å². The molecule has 2 aromatic carbocycles. The van der Waals surface area contributed by atoms with Crippen molar-refractivity contribution in [2.75, 3.05) is 18.0 Å². The lowest BCUT2D eigenvalue weighted by atomic mass is 10.1. The number of aromatic amines is 1. The minimum Gasteiger partial charge on any atom is -0.372 e. The molecule has 0 spiro atoms. The Morgan fingerprint density at radius 1 is 1.00 bits per heavy atom. The number of nitriles is 1. The number of imidazole rings is 1. The molecule has 114 valence electrons. The van der Waals surface area contributed by atoms with Crippen LogP contribution in [0.5, 0.6) is 0 Å². The molecule has 4 rings (SSSR count). The van der Waals surface area contributed by atoms with Crippen LogP contribution in [-0.4, -0.2) is 23.1 Å². The van der Waals surface area contributed by atoms with Gasteiger partial charge in [-0.15, -0.1) is 0 Å². The van der Waals surface area contributed by atoms with E-state index in [4.69, 9.17) is 5.26 Å². The molecule has 0 radical (unpaired) electrons. The molecular weight excluding hydrogens is 284 g/mol. The molecule has 4 heteroatoms. The molecule has 2 heterocycles. The van der Waals surface area contributed by atoms with Crippen molar-refractivity contribution in [3.63, 3.8) is 0 Å². The summed E-state index contributed by atoms with van der Waals surface area (Å²) in [6.07, 6.45) is 3.91. The maximum absolute atomic E-state index is 8.98. The number of hydrogen-bond acceptors (Lipinski definition) is 3. The average molecular weight is 302 g/mol. The SMILES string of the molecule is N#Cc1ccc2[nH]c(-c3ccc(N4CCCCC4)cc3)nc2c1. The number of fused-ring (bicyclic) bond motifs is 1. The van der Waals surface area contributed by atoms with Crippen molar-refractivity contribution in [2.24, 2.45) is 0 Å². The maximum atomic E-state index is 8.98. The number of rotatable bonds is 2. The Hall–Kier alpha value is -2.80. The van der Waals surface area contributed by atoms with Crippen LogP contribution >= 0.6 is 0 Å². The zero-order chi connectivity index (χ0) is 15.6. The van der Waals surface area contributed by atoms with Crippen molar-refractivity contribution >= 4 is 16.7 Å². The Balaban J connectivity index is 1.63. The molecule has 1 saturated heterocycles. The highest BCUT2D eigenvalue weighted by atomic mass is 15.1. The van der Waals surface area contributed by atoms with Crippen molar-refractivity contribution in [1.29, 1.82) is 5.26 Å². The summed E-state index contributed by atoms with van der Waals surface area (Å²) in [4.78, 5) is 10.4. The first-order valence-corrected chi connectivity index (χ1v) is 8.09. The summed E-state index contributed by atoms with van der Waals surface area (Å²) in [6, 6.07) is 16.3. The third-order valence-electron chi connectivity index (χ3n) is 4.47. The Kier molecular flexibility index (Phi) is 3.47. The van der Waals surface area contributed by atoms with Crippen LogP contribution in [0.25, 0.3) is 22.4 Å². The second kappa shape index (κ2) is 5.77. The number of H-pyrrole nitrogens is 1. The number of benzene rings is 2. The fraction of sp³-hybridized carbons (Fsp3) is 0.263. The largest absolute Gasteiger partial charge is 0.372 e. The van der Waals surface area contributed by atoms with Gasteiger partial charge in [-0.2, -0.15) is 5.26 Å². The molecule has 0 saturated carbocycles. The third-order valence-corrected chi connectivity index (χ3v) is 4.47. The summed E-state index contributed by atoms with van der Waals surface area (Å²) in [5.41, 5.74) is 4.78. The average Bonchev–Trinajstić information content (AvgIpc) is 3.05. The molecule has 1 aromatic heterocycles. The molecule has 0 unspecified atom stereocenters. The second-order valence-electron chi connectivity index (χ2n) is 6.02. The van der Waals surface area contributed by atoms with E-state index in [0.29, 0.717) is 5.56 Å². The highest BCUT2D eigenvalue weighted by Gasteiger charge is 2.11.